The summed E-state index contributed by atoms with van der Waals surface area (Å²) in [5, 5.41) is 0. The third-order valence-corrected chi connectivity index (χ3v) is 2.30. The number of rotatable bonds is 4. The normalized spacial score (nSPS) is 12.5. The summed E-state index contributed by atoms with van der Waals surface area (Å²) in [6, 6.07) is 10.2. The molecule has 0 spiro atoms. The third kappa shape index (κ3) is 3.02. The second kappa shape index (κ2) is 4.80. The van der Waals surface area contributed by atoms with Gasteiger partial charge in [-0.15, -0.1) is 0 Å². The molecule has 0 saturated heterocycles. The van der Waals surface area contributed by atoms with Crippen molar-refractivity contribution in [1.29, 1.82) is 0 Å². The molecule has 0 saturated carbocycles. The van der Waals surface area contributed by atoms with Gasteiger partial charge in [-0.25, -0.2) is 0 Å². The van der Waals surface area contributed by atoms with Crippen LogP contribution in [0.2, 0.25) is 0 Å². The number of carbonyl (C=O) groups excluding carboxylic acids is 1. The summed E-state index contributed by atoms with van der Waals surface area (Å²) >= 11 is 0. The highest BCUT2D eigenvalue weighted by Gasteiger charge is 2.08. The Labute approximate surface area is 79.8 Å². The highest BCUT2D eigenvalue weighted by Crippen LogP contribution is 2.18. The Balaban J connectivity index is 2.59. The van der Waals surface area contributed by atoms with Crippen molar-refractivity contribution in [2.24, 2.45) is 0 Å². The van der Waals surface area contributed by atoms with Crippen molar-refractivity contribution in [3.8, 4) is 0 Å². The number of benzene rings is 1. The lowest BCUT2D eigenvalue weighted by Gasteiger charge is -2.09. The SMILES string of the molecule is CCC(=O)C[C@@H](C)c1ccccc1. The van der Waals surface area contributed by atoms with E-state index in [9.17, 15) is 4.79 Å². The number of ketones is 1. The molecule has 0 aromatic heterocycles. The topological polar surface area (TPSA) is 17.1 Å². The van der Waals surface area contributed by atoms with Crippen LogP contribution in [0.1, 0.15) is 38.2 Å². The van der Waals surface area contributed by atoms with Crippen LogP contribution in [-0.2, 0) is 4.79 Å². The Morgan fingerprint density at radius 2 is 1.92 bits per heavy atom. The summed E-state index contributed by atoms with van der Waals surface area (Å²) in [7, 11) is 0. The van der Waals surface area contributed by atoms with Crippen LogP contribution in [0, 0.1) is 0 Å². The van der Waals surface area contributed by atoms with E-state index in [1.54, 1.807) is 0 Å². The van der Waals surface area contributed by atoms with Gasteiger partial charge in [0.1, 0.15) is 5.78 Å². The Morgan fingerprint density at radius 3 is 2.46 bits per heavy atom. The maximum Gasteiger partial charge on any atom is 0.133 e. The molecule has 0 aliphatic carbocycles. The van der Waals surface area contributed by atoms with Crippen LogP contribution >= 0.6 is 0 Å². The average molecular weight is 176 g/mol. The lowest BCUT2D eigenvalue weighted by atomic mass is 9.95. The first kappa shape index (κ1) is 9.97. The van der Waals surface area contributed by atoms with E-state index in [0.717, 1.165) is 0 Å². The van der Waals surface area contributed by atoms with Gasteiger partial charge in [-0.2, -0.15) is 0 Å². The standard InChI is InChI=1S/C12H16O/c1-3-12(13)9-10(2)11-7-5-4-6-8-11/h4-8,10H,3,9H2,1-2H3/t10-/m1/s1. The fraction of sp³-hybridized carbons (Fsp3) is 0.417. The van der Waals surface area contributed by atoms with E-state index in [2.05, 4.69) is 19.1 Å². The van der Waals surface area contributed by atoms with Crippen molar-refractivity contribution >= 4 is 5.78 Å². The maximum atomic E-state index is 11.2. The van der Waals surface area contributed by atoms with Gasteiger partial charge in [-0.05, 0) is 11.5 Å². The van der Waals surface area contributed by atoms with Gasteiger partial charge in [0, 0.05) is 12.8 Å². The van der Waals surface area contributed by atoms with Gasteiger partial charge in [0.2, 0.25) is 0 Å². The third-order valence-electron chi connectivity index (χ3n) is 2.30. The van der Waals surface area contributed by atoms with Crippen LogP contribution in [0.25, 0.3) is 0 Å². The van der Waals surface area contributed by atoms with E-state index in [1.807, 2.05) is 25.1 Å². The van der Waals surface area contributed by atoms with Crippen LogP contribution in [0.4, 0.5) is 0 Å². The Hall–Kier alpha value is -1.11. The van der Waals surface area contributed by atoms with Crippen molar-refractivity contribution in [3.05, 3.63) is 35.9 Å². The predicted octanol–water partition coefficient (Wildman–Crippen LogP) is 3.16. The molecule has 1 aromatic rings. The van der Waals surface area contributed by atoms with Gasteiger partial charge < -0.3 is 0 Å². The van der Waals surface area contributed by atoms with Crippen molar-refractivity contribution < 1.29 is 4.79 Å². The van der Waals surface area contributed by atoms with E-state index in [4.69, 9.17) is 0 Å². The molecule has 1 aromatic carbocycles. The maximum absolute atomic E-state index is 11.2. The summed E-state index contributed by atoms with van der Waals surface area (Å²) in [6.07, 6.45) is 1.32. The van der Waals surface area contributed by atoms with E-state index < -0.39 is 0 Å². The monoisotopic (exact) mass is 176 g/mol. The minimum absolute atomic E-state index is 0.344. The minimum atomic E-state index is 0.344. The van der Waals surface area contributed by atoms with Crippen LogP contribution in [0.5, 0.6) is 0 Å². The quantitative estimate of drug-likeness (QED) is 0.688. The Morgan fingerprint density at radius 1 is 1.31 bits per heavy atom. The molecule has 1 nitrogen and oxygen atoms in total. The van der Waals surface area contributed by atoms with E-state index in [1.165, 1.54) is 5.56 Å². The molecule has 0 fully saturated rings. The van der Waals surface area contributed by atoms with Crippen LogP contribution in [0.15, 0.2) is 30.3 Å². The zero-order chi connectivity index (χ0) is 9.68. The molecule has 0 aliphatic rings. The molecule has 0 radical (unpaired) electrons. The van der Waals surface area contributed by atoms with Gasteiger partial charge >= 0.3 is 0 Å². The molecule has 0 unspecified atom stereocenters. The van der Waals surface area contributed by atoms with E-state index >= 15 is 0 Å². The summed E-state index contributed by atoms with van der Waals surface area (Å²) in [5.74, 6) is 0.699. The van der Waals surface area contributed by atoms with Gasteiger partial charge in [-0.1, -0.05) is 44.2 Å². The molecule has 70 valence electrons. The molecular formula is C12H16O. The Bertz CT molecular complexity index is 264. The zero-order valence-electron chi connectivity index (χ0n) is 8.29. The zero-order valence-corrected chi connectivity index (χ0v) is 8.29. The first-order chi connectivity index (χ1) is 6.24. The lowest BCUT2D eigenvalue weighted by molar-refractivity contribution is -0.119. The van der Waals surface area contributed by atoms with Gasteiger partial charge in [-0.3, -0.25) is 4.79 Å². The van der Waals surface area contributed by atoms with Crippen molar-refractivity contribution in [2.75, 3.05) is 0 Å². The summed E-state index contributed by atoms with van der Waals surface area (Å²) in [4.78, 5) is 11.2. The molecule has 0 bridgehead atoms. The second-order valence-electron chi connectivity index (χ2n) is 3.41. The molecule has 0 heterocycles. The molecule has 1 heteroatoms. The van der Waals surface area contributed by atoms with Crippen molar-refractivity contribution in [3.63, 3.8) is 0 Å². The number of carbonyl (C=O) groups is 1. The predicted molar refractivity (Wildman–Crippen MR) is 54.8 cm³/mol. The molecule has 0 amide bonds. The largest absolute Gasteiger partial charge is 0.300 e. The minimum Gasteiger partial charge on any atom is -0.300 e. The first-order valence-corrected chi connectivity index (χ1v) is 4.80. The summed E-state index contributed by atoms with van der Waals surface area (Å²) in [6.45, 7) is 4.02. The van der Waals surface area contributed by atoms with Gasteiger partial charge in [0.25, 0.3) is 0 Å². The molecular weight excluding hydrogens is 160 g/mol. The van der Waals surface area contributed by atoms with Crippen molar-refractivity contribution in [1.82, 2.24) is 0 Å². The van der Waals surface area contributed by atoms with E-state index in [-0.39, 0.29) is 0 Å². The number of hydrogen-bond donors (Lipinski definition) is 0. The van der Waals surface area contributed by atoms with Crippen LogP contribution in [0.3, 0.4) is 0 Å². The highest BCUT2D eigenvalue weighted by molar-refractivity contribution is 5.78. The van der Waals surface area contributed by atoms with E-state index in [0.29, 0.717) is 24.5 Å². The smallest absolute Gasteiger partial charge is 0.133 e. The summed E-state index contributed by atoms with van der Waals surface area (Å²) in [5.41, 5.74) is 1.25. The fourth-order valence-corrected chi connectivity index (χ4v) is 1.39. The number of hydrogen-bond acceptors (Lipinski definition) is 1. The van der Waals surface area contributed by atoms with Crippen LogP contribution < -0.4 is 0 Å². The average Bonchev–Trinajstić information content (AvgIpc) is 2.19. The highest BCUT2D eigenvalue weighted by atomic mass is 16.1. The molecule has 1 atom stereocenters. The van der Waals surface area contributed by atoms with Crippen molar-refractivity contribution in [2.45, 2.75) is 32.6 Å². The fourth-order valence-electron chi connectivity index (χ4n) is 1.39. The van der Waals surface area contributed by atoms with Crippen LogP contribution in [-0.4, -0.2) is 5.78 Å². The van der Waals surface area contributed by atoms with Gasteiger partial charge in [0.05, 0.1) is 0 Å². The summed E-state index contributed by atoms with van der Waals surface area (Å²) < 4.78 is 0. The molecule has 13 heavy (non-hydrogen) atoms. The second-order valence-corrected chi connectivity index (χ2v) is 3.41. The molecule has 1 rings (SSSR count). The lowest BCUT2D eigenvalue weighted by Crippen LogP contribution is -2.02. The first-order valence-electron chi connectivity index (χ1n) is 4.80. The molecule has 0 N–H and O–H groups in total. The Kier molecular flexibility index (Phi) is 3.69. The number of Topliss-reactive ketones (excluding diaryl/α,β-unsaturated/α-hetero) is 1. The van der Waals surface area contributed by atoms with Gasteiger partial charge in [0.15, 0.2) is 0 Å². The molecule has 0 aliphatic heterocycles.